The van der Waals surface area contributed by atoms with Crippen LogP contribution in [0.25, 0.3) is 0 Å². The third-order valence-corrected chi connectivity index (χ3v) is 1.80. The summed E-state index contributed by atoms with van der Waals surface area (Å²) in [6.45, 7) is 6.32. The molecule has 0 aliphatic heterocycles. The van der Waals surface area contributed by atoms with Crippen molar-refractivity contribution in [3.8, 4) is 11.8 Å². The Hall–Kier alpha value is -1.34. The van der Waals surface area contributed by atoms with Gasteiger partial charge in [-0.1, -0.05) is 12.8 Å². The van der Waals surface area contributed by atoms with E-state index in [9.17, 15) is 0 Å². The van der Waals surface area contributed by atoms with Crippen LogP contribution in [0.4, 0.5) is 0 Å². The van der Waals surface area contributed by atoms with Crippen LogP contribution in [0.3, 0.4) is 0 Å². The second-order valence-electron chi connectivity index (χ2n) is 2.93. The summed E-state index contributed by atoms with van der Waals surface area (Å²) in [5, 5.41) is 7.32. The van der Waals surface area contributed by atoms with Gasteiger partial charge in [-0.05, 0) is 13.3 Å². The summed E-state index contributed by atoms with van der Waals surface area (Å²) in [6, 6.07) is 0. The van der Waals surface area contributed by atoms with Crippen molar-refractivity contribution in [3.05, 3.63) is 12.2 Å². The minimum Gasteiger partial charge on any atom is -0.299 e. The summed E-state index contributed by atoms with van der Waals surface area (Å²) >= 11 is 0. The van der Waals surface area contributed by atoms with Gasteiger partial charge in [-0.25, -0.2) is 9.67 Å². The summed E-state index contributed by atoms with van der Waals surface area (Å²) in [5.74, 6) is 6.75. The Morgan fingerprint density at radius 3 is 3.14 bits per heavy atom. The van der Waals surface area contributed by atoms with E-state index in [-0.39, 0.29) is 0 Å². The predicted octanol–water partition coefficient (Wildman–Crippen LogP) is 0.801. The maximum atomic E-state index is 4.17. The lowest BCUT2D eigenvalue weighted by molar-refractivity contribution is 0.552. The number of aryl methyl sites for hydroxylation is 1. The van der Waals surface area contributed by atoms with Crippen LogP contribution in [0.15, 0.2) is 6.33 Å². The maximum absolute atomic E-state index is 4.17. The molecule has 76 valence electrons. The van der Waals surface area contributed by atoms with Crippen LogP contribution >= 0.6 is 0 Å². The molecule has 1 heterocycles. The molecule has 1 rings (SSSR count). The number of hydrogen-bond acceptors (Lipinski definition) is 3. The third-order valence-electron chi connectivity index (χ3n) is 1.80. The van der Waals surface area contributed by atoms with Crippen molar-refractivity contribution in [2.75, 3.05) is 6.54 Å². The van der Waals surface area contributed by atoms with Crippen LogP contribution in [0.2, 0.25) is 0 Å². The molecule has 0 aliphatic rings. The number of hydrogen-bond donors (Lipinski definition) is 1. The first-order chi connectivity index (χ1) is 6.88. The Balaban J connectivity index is 2.39. The van der Waals surface area contributed by atoms with Crippen LogP contribution in [0, 0.1) is 11.8 Å². The minimum absolute atomic E-state index is 0.704. The van der Waals surface area contributed by atoms with E-state index in [1.165, 1.54) is 0 Å². The second kappa shape index (κ2) is 6.17. The van der Waals surface area contributed by atoms with Gasteiger partial charge in [-0.15, -0.1) is 5.92 Å². The van der Waals surface area contributed by atoms with Crippen LogP contribution in [-0.4, -0.2) is 21.3 Å². The van der Waals surface area contributed by atoms with Crippen molar-refractivity contribution in [1.82, 2.24) is 20.1 Å². The molecule has 0 radical (unpaired) electrons. The average Bonchev–Trinajstić information content (AvgIpc) is 2.61. The monoisotopic (exact) mass is 192 g/mol. The molecule has 0 spiro atoms. The van der Waals surface area contributed by atoms with Crippen molar-refractivity contribution >= 4 is 0 Å². The van der Waals surface area contributed by atoms with Crippen LogP contribution in [0.5, 0.6) is 0 Å². The molecular weight excluding hydrogens is 176 g/mol. The van der Waals surface area contributed by atoms with Gasteiger partial charge < -0.3 is 0 Å². The van der Waals surface area contributed by atoms with Crippen molar-refractivity contribution in [1.29, 1.82) is 0 Å². The molecule has 0 aliphatic carbocycles. The van der Waals surface area contributed by atoms with E-state index in [2.05, 4.69) is 34.2 Å². The fourth-order valence-corrected chi connectivity index (χ4v) is 1.15. The first-order valence-corrected chi connectivity index (χ1v) is 4.85. The lowest BCUT2D eigenvalue weighted by Crippen LogP contribution is -2.17. The smallest absolute Gasteiger partial charge is 0.140 e. The molecule has 0 amide bonds. The zero-order chi connectivity index (χ0) is 10.2. The summed E-state index contributed by atoms with van der Waals surface area (Å²) < 4.78 is 1.92. The molecule has 0 atom stereocenters. The molecular formula is C10H16N4. The van der Waals surface area contributed by atoms with Gasteiger partial charge in [0.1, 0.15) is 12.2 Å². The summed E-state index contributed by atoms with van der Waals surface area (Å²) in [6.07, 6.45) is 2.67. The van der Waals surface area contributed by atoms with Gasteiger partial charge in [0.2, 0.25) is 0 Å². The number of rotatable bonds is 5. The minimum atomic E-state index is 0.704. The largest absolute Gasteiger partial charge is 0.299 e. The standard InChI is InChI=1S/C10H16N4/c1-3-5-6-11-8-10-12-9-13-14(10)7-4-2/h9,11H,4,6-8H2,1-2H3. The topological polar surface area (TPSA) is 42.7 Å². The van der Waals surface area contributed by atoms with Crippen molar-refractivity contribution in [3.63, 3.8) is 0 Å². The Bertz CT molecular complexity index is 318. The molecule has 1 N–H and O–H groups in total. The zero-order valence-electron chi connectivity index (χ0n) is 8.75. The molecule has 4 heteroatoms. The number of nitrogens with one attached hydrogen (secondary N) is 1. The van der Waals surface area contributed by atoms with Gasteiger partial charge in [0.25, 0.3) is 0 Å². The molecule has 0 saturated heterocycles. The SMILES string of the molecule is CC#CCNCc1ncnn1CCC. The fourth-order valence-electron chi connectivity index (χ4n) is 1.15. The number of nitrogens with zero attached hydrogens (tertiary/aromatic N) is 3. The lowest BCUT2D eigenvalue weighted by Gasteiger charge is -2.03. The normalized spacial score (nSPS) is 9.57. The Labute approximate surface area is 84.7 Å². The molecule has 0 bridgehead atoms. The van der Waals surface area contributed by atoms with Crippen molar-refractivity contribution in [2.45, 2.75) is 33.4 Å². The van der Waals surface area contributed by atoms with Crippen molar-refractivity contribution < 1.29 is 0 Å². The molecule has 0 unspecified atom stereocenters. The Kier molecular flexibility index (Phi) is 4.73. The highest BCUT2D eigenvalue weighted by molar-refractivity contribution is 4.97. The molecule has 14 heavy (non-hydrogen) atoms. The zero-order valence-corrected chi connectivity index (χ0v) is 8.75. The van der Waals surface area contributed by atoms with E-state index in [0.29, 0.717) is 6.54 Å². The number of aromatic nitrogens is 3. The fraction of sp³-hybridized carbons (Fsp3) is 0.600. The molecule has 4 nitrogen and oxygen atoms in total. The summed E-state index contributed by atoms with van der Waals surface area (Å²) in [4.78, 5) is 4.17. The van der Waals surface area contributed by atoms with Gasteiger partial charge in [0, 0.05) is 6.54 Å². The van der Waals surface area contributed by atoms with E-state index < -0.39 is 0 Å². The van der Waals surface area contributed by atoms with E-state index in [1.807, 2.05) is 11.6 Å². The van der Waals surface area contributed by atoms with E-state index in [1.54, 1.807) is 6.33 Å². The van der Waals surface area contributed by atoms with Gasteiger partial charge >= 0.3 is 0 Å². The van der Waals surface area contributed by atoms with E-state index in [4.69, 9.17) is 0 Å². The molecule has 0 aromatic carbocycles. The highest BCUT2D eigenvalue weighted by atomic mass is 15.3. The van der Waals surface area contributed by atoms with Gasteiger partial charge in [-0.3, -0.25) is 5.32 Å². The highest BCUT2D eigenvalue weighted by Crippen LogP contribution is 1.94. The predicted molar refractivity (Wildman–Crippen MR) is 55.5 cm³/mol. The van der Waals surface area contributed by atoms with E-state index >= 15 is 0 Å². The van der Waals surface area contributed by atoms with Crippen molar-refractivity contribution in [2.24, 2.45) is 0 Å². The highest BCUT2D eigenvalue weighted by Gasteiger charge is 2.01. The summed E-state index contributed by atoms with van der Waals surface area (Å²) in [7, 11) is 0. The second-order valence-corrected chi connectivity index (χ2v) is 2.93. The van der Waals surface area contributed by atoms with Crippen LogP contribution < -0.4 is 5.32 Å². The lowest BCUT2D eigenvalue weighted by atomic mass is 10.4. The molecule has 1 aromatic heterocycles. The molecule has 0 saturated carbocycles. The summed E-state index contributed by atoms with van der Waals surface area (Å²) in [5.41, 5.74) is 0. The quantitative estimate of drug-likeness (QED) is 0.554. The first-order valence-electron chi connectivity index (χ1n) is 4.85. The van der Waals surface area contributed by atoms with E-state index in [0.717, 1.165) is 25.3 Å². The molecule has 1 aromatic rings. The maximum Gasteiger partial charge on any atom is 0.140 e. The molecule has 0 fully saturated rings. The van der Waals surface area contributed by atoms with Crippen LogP contribution in [-0.2, 0) is 13.1 Å². The third kappa shape index (κ3) is 3.19. The Morgan fingerprint density at radius 2 is 2.43 bits per heavy atom. The van der Waals surface area contributed by atoms with Crippen LogP contribution in [0.1, 0.15) is 26.1 Å². The van der Waals surface area contributed by atoms with Gasteiger partial charge in [0.15, 0.2) is 0 Å². The first kappa shape index (κ1) is 10.7. The van der Waals surface area contributed by atoms with Gasteiger partial charge in [-0.2, -0.15) is 5.10 Å². The Morgan fingerprint density at radius 1 is 1.57 bits per heavy atom. The average molecular weight is 192 g/mol. The van der Waals surface area contributed by atoms with Gasteiger partial charge in [0.05, 0.1) is 13.1 Å².